The van der Waals surface area contributed by atoms with E-state index in [1.807, 2.05) is 0 Å². The Labute approximate surface area is 134 Å². The van der Waals surface area contributed by atoms with Gasteiger partial charge in [0, 0.05) is 38.0 Å². The molecule has 2 aromatic rings. The third-order valence-electron chi connectivity index (χ3n) is 3.48. The lowest BCUT2D eigenvalue weighted by Crippen LogP contribution is -2.48. The molecule has 120 valence electrons. The summed E-state index contributed by atoms with van der Waals surface area (Å²) in [4.78, 5) is 16.3. The van der Waals surface area contributed by atoms with Crippen molar-refractivity contribution in [1.82, 2.24) is 20.0 Å². The molecule has 3 rings (SSSR count). The lowest BCUT2D eigenvalue weighted by Gasteiger charge is -2.26. The van der Waals surface area contributed by atoms with E-state index in [0.717, 1.165) is 19.3 Å². The second kappa shape index (κ2) is 6.23. The minimum Gasteiger partial charge on any atom is -0.350 e. The van der Waals surface area contributed by atoms with Gasteiger partial charge in [-0.1, -0.05) is 6.07 Å². The third-order valence-corrected chi connectivity index (χ3v) is 4.43. The molecule has 0 aromatic carbocycles. The van der Waals surface area contributed by atoms with Gasteiger partial charge in [-0.25, -0.2) is 13.4 Å². The number of rotatable bonds is 4. The number of nitrogens with zero attached hydrogens (tertiary/aromatic N) is 2. The van der Waals surface area contributed by atoms with Gasteiger partial charge in [0.05, 0.1) is 5.52 Å². The molecular weight excluding hydrogens is 328 g/mol. The van der Waals surface area contributed by atoms with Crippen LogP contribution in [0.3, 0.4) is 0 Å². The van der Waals surface area contributed by atoms with Crippen LogP contribution in [-0.4, -0.2) is 49.6 Å². The van der Waals surface area contributed by atoms with Crippen molar-refractivity contribution in [3.05, 3.63) is 30.1 Å². The maximum Gasteiger partial charge on any atom is 0.272 e. The van der Waals surface area contributed by atoms with Gasteiger partial charge in [-0.3, -0.25) is 9.20 Å². The monoisotopic (exact) mass is 344 g/mol. The number of imidazole rings is 1. The number of hydrogen-bond donors (Lipinski definition) is 2. The normalized spacial score (nSPS) is 15.1. The molecule has 2 aromatic heterocycles. The van der Waals surface area contributed by atoms with E-state index < -0.39 is 9.84 Å². The summed E-state index contributed by atoms with van der Waals surface area (Å²) in [6, 6.07) is 5.13. The van der Waals surface area contributed by atoms with Crippen molar-refractivity contribution >= 4 is 33.7 Å². The summed E-state index contributed by atoms with van der Waals surface area (Å²) in [7, 11) is -3.51. The standard InChI is InChI=1S/C13H16N4O3S.ClH/c1-21(19,20)13-16-11(10-4-2-3-5-17(10)13)12(18)15-8-9-6-14-7-9;/h2-5,9,14H,6-8H2,1H3,(H,15,18);1H. The molecule has 0 spiro atoms. The van der Waals surface area contributed by atoms with Crippen LogP contribution in [0.2, 0.25) is 0 Å². The summed E-state index contributed by atoms with van der Waals surface area (Å²) in [5, 5.41) is 5.82. The minimum absolute atomic E-state index is 0. The van der Waals surface area contributed by atoms with E-state index in [9.17, 15) is 13.2 Å². The van der Waals surface area contributed by atoms with E-state index in [0.29, 0.717) is 18.0 Å². The van der Waals surface area contributed by atoms with Crippen molar-refractivity contribution in [2.75, 3.05) is 25.9 Å². The topological polar surface area (TPSA) is 92.6 Å². The number of carbonyl (C=O) groups excluding carboxylic acids is 1. The molecule has 22 heavy (non-hydrogen) atoms. The first-order valence-electron chi connectivity index (χ1n) is 6.63. The van der Waals surface area contributed by atoms with Crippen molar-refractivity contribution < 1.29 is 13.2 Å². The highest BCUT2D eigenvalue weighted by Crippen LogP contribution is 2.17. The fraction of sp³-hybridized carbons (Fsp3) is 0.385. The molecule has 0 bridgehead atoms. The van der Waals surface area contributed by atoms with Crippen LogP contribution in [0, 0.1) is 5.92 Å². The molecule has 0 aliphatic carbocycles. The molecule has 1 aliphatic heterocycles. The lowest BCUT2D eigenvalue weighted by molar-refractivity contribution is 0.0939. The number of fused-ring (bicyclic) bond motifs is 1. The van der Waals surface area contributed by atoms with E-state index >= 15 is 0 Å². The molecule has 0 unspecified atom stereocenters. The Kier molecular flexibility index (Phi) is 4.74. The Bertz CT molecular complexity index is 799. The third kappa shape index (κ3) is 3.08. The van der Waals surface area contributed by atoms with Gasteiger partial charge in [0.2, 0.25) is 15.0 Å². The molecular formula is C13H17ClN4O3S. The van der Waals surface area contributed by atoms with Crippen LogP contribution in [-0.2, 0) is 9.84 Å². The molecule has 7 nitrogen and oxygen atoms in total. The summed E-state index contributed by atoms with van der Waals surface area (Å²) in [6.45, 7) is 2.34. The number of nitrogens with one attached hydrogen (secondary N) is 2. The van der Waals surface area contributed by atoms with Gasteiger partial charge in [-0.05, 0) is 12.1 Å². The van der Waals surface area contributed by atoms with Gasteiger partial charge in [-0.15, -0.1) is 12.4 Å². The van der Waals surface area contributed by atoms with Crippen molar-refractivity contribution in [2.45, 2.75) is 5.16 Å². The number of sulfone groups is 1. The zero-order chi connectivity index (χ0) is 15.0. The number of amides is 1. The fourth-order valence-corrected chi connectivity index (χ4v) is 3.03. The van der Waals surface area contributed by atoms with Crippen LogP contribution in [0.5, 0.6) is 0 Å². The molecule has 0 saturated carbocycles. The van der Waals surface area contributed by atoms with E-state index in [2.05, 4.69) is 15.6 Å². The van der Waals surface area contributed by atoms with Gasteiger partial charge in [0.25, 0.3) is 5.91 Å². The Morgan fingerprint density at radius 2 is 2.18 bits per heavy atom. The average Bonchev–Trinajstić information content (AvgIpc) is 2.76. The Hall–Kier alpha value is -1.64. The van der Waals surface area contributed by atoms with Crippen molar-refractivity contribution in [2.24, 2.45) is 5.92 Å². The van der Waals surface area contributed by atoms with E-state index in [-0.39, 0.29) is 29.2 Å². The summed E-state index contributed by atoms with van der Waals surface area (Å²) in [6.07, 6.45) is 2.67. The molecule has 1 aliphatic rings. The van der Waals surface area contributed by atoms with Gasteiger partial charge < -0.3 is 10.6 Å². The van der Waals surface area contributed by atoms with Crippen molar-refractivity contribution in [3.63, 3.8) is 0 Å². The minimum atomic E-state index is -3.51. The van der Waals surface area contributed by atoms with Crippen molar-refractivity contribution in [3.8, 4) is 0 Å². The second-order valence-corrected chi connectivity index (χ2v) is 7.11. The fourth-order valence-electron chi connectivity index (χ4n) is 2.25. The van der Waals surface area contributed by atoms with Gasteiger partial charge in [0.15, 0.2) is 5.69 Å². The predicted octanol–water partition coefficient (Wildman–Crippen LogP) is 0.109. The summed E-state index contributed by atoms with van der Waals surface area (Å²) in [5.41, 5.74) is 0.630. The van der Waals surface area contributed by atoms with E-state index in [1.54, 1.807) is 24.4 Å². The van der Waals surface area contributed by atoms with Crippen LogP contribution in [0.1, 0.15) is 10.5 Å². The second-order valence-electron chi connectivity index (χ2n) is 5.21. The Morgan fingerprint density at radius 1 is 1.45 bits per heavy atom. The van der Waals surface area contributed by atoms with Crippen LogP contribution in [0.25, 0.3) is 5.52 Å². The predicted molar refractivity (Wildman–Crippen MR) is 84.2 cm³/mol. The summed E-state index contributed by atoms with van der Waals surface area (Å²) in [5.74, 6) is 0.0812. The highest BCUT2D eigenvalue weighted by atomic mass is 35.5. The smallest absolute Gasteiger partial charge is 0.272 e. The number of hydrogen-bond acceptors (Lipinski definition) is 5. The molecule has 0 atom stereocenters. The first-order valence-corrected chi connectivity index (χ1v) is 8.52. The molecule has 1 saturated heterocycles. The quantitative estimate of drug-likeness (QED) is 0.821. The summed E-state index contributed by atoms with van der Waals surface area (Å²) < 4.78 is 25.0. The number of pyridine rings is 1. The molecule has 3 heterocycles. The van der Waals surface area contributed by atoms with Crippen LogP contribution in [0.15, 0.2) is 29.6 Å². The molecule has 9 heteroatoms. The number of carbonyl (C=O) groups is 1. The molecule has 1 amide bonds. The maximum absolute atomic E-state index is 12.2. The van der Waals surface area contributed by atoms with Gasteiger partial charge in [-0.2, -0.15) is 0 Å². The van der Waals surface area contributed by atoms with E-state index in [4.69, 9.17) is 0 Å². The number of halogens is 1. The van der Waals surface area contributed by atoms with Crippen LogP contribution in [0.4, 0.5) is 0 Å². The maximum atomic E-state index is 12.2. The number of aromatic nitrogens is 2. The van der Waals surface area contributed by atoms with Crippen molar-refractivity contribution in [1.29, 1.82) is 0 Å². The lowest BCUT2D eigenvalue weighted by atomic mass is 10.0. The zero-order valence-electron chi connectivity index (χ0n) is 11.9. The van der Waals surface area contributed by atoms with E-state index in [1.165, 1.54) is 4.40 Å². The highest BCUT2D eigenvalue weighted by Gasteiger charge is 2.24. The Morgan fingerprint density at radius 3 is 2.77 bits per heavy atom. The largest absolute Gasteiger partial charge is 0.350 e. The summed E-state index contributed by atoms with van der Waals surface area (Å²) >= 11 is 0. The average molecular weight is 345 g/mol. The first kappa shape index (κ1) is 16.7. The van der Waals surface area contributed by atoms with Gasteiger partial charge in [0.1, 0.15) is 0 Å². The van der Waals surface area contributed by atoms with Gasteiger partial charge >= 0.3 is 0 Å². The first-order chi connectivity index (χ1) is 9.97. The highest BCUT2D eigenvalue weighted by molar-refractivity contribution is 7.90. The molecule has 1 fully saturated rings. The Balaban J connectivity index is 0.00000176. The van der Waals surface area contributed by atoms with Crippen LogP contribution >= 0.6 is 12.4 Å². The SMILES string of the molecule is CS(=O)(=O)c1nc(C(=O)NCC2CNC2)c2ccccn12.Cl. The molecule has 0 radical (unpaired) electrons. The van der Waals surface area contributed by atoms with Crippen LogP contribution < -0.4 is 10.6 Å². The zero-order valence-corrected chi connectivity index (χ0v) is 13.6. The molecule has 2 N–H and O–H groups in total.